The summed E-state index contributed by atoms with van der Waals surface area (Å²) in [5.74, 6) is 0.252. The van der Waals surface area contributed by atoms with Gasteiger partial charge in [0.2, 0.25) is 5.91 Å². The SMILES string of the molecule is Cc1ccsc1C(=O)N1CC[C@]2(C[C@@H]2C(=O)NCc2cccnc2)C1. The van der Waals surface area contributed by atoms with Crippen LogP contribution in [0.4, 0.5) is 0 Å². The number of likely N-dealkylation sites (tertiary alicyclic amines) is 1. The number of amides is 2. The van der Waals surface area contributed by atoms with Crippen LogP contribution >= 0.6 is 11.3 Å². The Morgan fingerprint density at radius 1 is 1.44 bits per heavy atom. The molecule has 1 saturated heterocycles. The minimum absolute atomic E-state index is 0.000153. The van der Waals surface area contributed by atoms with Crippen LogP contribution in [-0.4, -0.2) is 34.8 Å². The number of hydrogen-bond donors (Lipinski definition) is 1. The molecule has 2 aliphatic rings. The quantitative estimate of drug-likeness (QED) is 0.917. The number of nitrogens with zero attached hydrogens (tertiary/aromatic N) is 2. The summed E-state index contributed by atoms with van der Waals surface area (Å²) in [5.41, 5.74) is 2.04. The van der Waals surface area contributed by atoms with Crippen molar-refractivity contribution in [2.45, 2.75) is 26.3 Å². The summed E-state index contributed by atoms with van der Waals surface area (Å²) < 4.78 is 0. The predicted octanol–water partition coefficient (Wildman–Crippen LogP) is 2.62. The van der Waals surface area contributed by atoms with Gasteiger partial charge in [-0.2, -0.15) is 0 Å². The first-order chi connectivity index (χ1) is 12.1. The van der Waals surface area contributed by atoms with Crippen molar-refractivity contribution >= 4 is 23.2 Å². The molecular weight excluding hydrogens is 334 g/mol. The van der Waals surface area contributed by atoms with E-state index in [1.165, 1.54) is 11.3 Å². The van der Waals surface area contributed by atoms with Gasteiger partial charge >= 0.3 is 0 Å². The third-order valence-electron chi connectivity index (χ3n) is 5.42. The van der Waals surface area contributed by atoms with E-state index in [1.54, 1.807) is 12.4 Å². The lowest BCUT2D eigenvalue weighted by Crippen LogP contribution is -2.31. The van der Waals surface area contributed by atoms with Gasteiger partial charge in [-0.15, -0.1) is 11.3 Å². The van der Waals surface area contributed by atoms with Gasteiger partial charge in [0, 0.05) is 43.4 Å². The molecule has 0 unspecified atom stereocenters. The van der Waals surface area contributed by atoms with E-state index in [0.717, 1.165) is 35.4 Å². The summed E-state index contributed by atoms with van der Waals surface area (Å²) in [5, 5.41) is 4.97. The van der Waals surface area contributed by atoms with Crippen LogP contribution in [-0.2, 0) is 11.3 Å². The molecule has 3 heterocycles. The molecule has 2 amide bonds. The fourth-order valence-electron chi connectivity index (χ4n) is 3.79. The Morgan fingerprint density at radius 2 is 2.32 bits per heavy atom. The molecule has 0 aromatic carbocycles. The molecule has 1 spiro atoms. The van der Waals surface area contributed by atoms with Crippen molar-refractivity contribution in [3.8, 4) is 0 Å². The third-order valence-corrected chi connectivity index (χ3v) is 6.43. The zero-order valence-electron chi connectivity index (χ0n) is 14.2. The topological polar surface area (TPSA) is 62.3 Å². The predicted molar refractivity (Wildman–Crippen MR) is 96.2 cm³/mol. The Hall–Kier alpha value is -2.21. The van der Waals surface area contributed by atoms with Gasteiger partial charge in [-0.05, 0) is 48.4 Å². The van der Waals surface area contributed by atoms with Gasteiger partial charge in [0.05, 0.1) is 4.88 Å². The average Bonchev–Trinajstić information content (AvgIpc) is 2.93. The molecule has 130 valence electrons. The van der Waals surface area contributed by atoms with Crippen molar-refractivity contribution in [1.82, 2.24) is 15.2 Å². The van der Waals surface area contributed by atoms with Crippen molar-refractivity contribution < 1.29 is 9.59 Å². The third kappa shape index (κ3) is 3.06. The van der Waals surface area contributed by atoms with Crippen LogP contribution in [0, 0.1) is 18.3 Å². The Kier molecular flexibility index (Phi) is 4.07. The summed E-state index contributed by atoms with van der Waals surface area (Å²) in [6, 6.07) is 5.80. The van der Waals surface area contributed by atoms with Gasteiger partial charge in [0.1, 0.15) is 0 Å². The molecule has 2 atom stereocenters. The number of carbonyl (C=O) groups excluding carboxylic acids is 2. The van der Waals surface area contributed by atoms with Crippen LogP contribution in [0.25, 0.3) is 0 Å². The standard InChI is InChI=1S/C19H21N3O2S/c1-13-4-8-25-16(13)18(24)22-7-5-19(12-22)9-15(19)17(23)21-11-14-3-2-6-20-10-14/h2-4,6,8,10,15H,5,7,9,11-12H2,1H3,(H,21,23)/t15-,19+/m1/s1. The lowest BCUT2D eigenvalue weighted by atomic mass is 10.0. The Balaban J connectivity index is 1.34. The number of nitrogens with one attached hydrogen (secondary N) is 1. The van der Waals surface area contributed by atoms with Crippen LogP contribution in [0.5, 0.6) is 0 Å². The molecule has 0 radical (unpaired) electrons. The molecule has 4 rings (SSSR count). The van der Waals surface area contributed by atoms with E-state index in [2.05, 4.69) is 10.3 Å². The Bertz CT molecular complexity index is 804. The van der Waals surface area contributed by atoms with Crippen LogP contribution in [0.3, 0.4) is 0 Å². The van der Waals surface area contributed by atoms with Crippen molar-refractivity contribution in [3.05, 3.63) is 52.0 Å². The number of hydrogen-bond acceptors (Lipinski definition) is 4. The van der Waals surface area contributed by atoms with Gasteiger partial charge in [-0.25, -0.2) is 0 Å². The maximum Gasteiger partial charge on any atom is 0.264 e. The minimum Gasteiger partial charge on any atom is -0.352 e. The van der Waals surface area contributed by atoms with E-state index in [9.17, 15) is 9.59 Å². The van der Waals surface area contributed by atoms with Crippen molar-refractivity contribution in [2.24, 2.45) is 11.3 Å². The minimum atomic E-state index is -0.000153. The maximum absolute atomic E-state index is 12.7. The van der Waals surface area contributed by atoms with E-state index >= 15 is 0 Å². The highest BCUT2D eigenvalue weighted by Crippen LogP contribution is 2.58. The lowest BCUT2D eigenvalue weighted by Gasteiger charge is -2.16. The summed E-state index contributed by atoms with van der Waals surface area (Å²) in [4.78, 5) is 31.9. The number of aryl methyl sites for hydroxylation is 1. The average molecular weight is 355 g/mol. The first-order valence-electron chi connectivity index (χ1n) is 8.59. The van der Waals surface area contributed by atoms with E-state index in [4.69, 9.17) is 0 Å². The van der Waals surface area contributed by atoms with E-state index < -0.39 is 0 Å². The van der Waals surface area contributed by atoms with Crippen LogP contribution < -0.4 is 5.32 Å². The molecular formula is C19H21N3O2S. The highest BCUT2D eigenvalue weighted by atomic mass is 32.1. The number of thiophene rings is 1. The van der Waals surface area contributed by atoms with Gasteiger partial charge < -0.3 is 10.2 Å². The fraction of sp³-hybridized carbons (Fsp3) is 0.421. The van der Waals surface area contributed by atoms with Crippen LogP contribution in [0.2, 0.25) is 0 Å². The van der Waals surface area contributed by atoms with Crippen LogP contribution in [0.1, 0.15) is 33.6 Å². The highest BCUT2D eigenvalue weighted by Gasteiger charge is 2.61. The molecule has 5 nitrogen and oxygen atoms in total. The number of rotatable bonds is 4. The summed E-state index contributed by atoms with van der Waals surface area (Å²) in [7, 11) is 0. The molecule has 1 aliphatic carbocycles. The number of carbonyl (C=O) groups is 2. The molecule has 2 aromatic heterocycles. The smallest absolute Gasteiger partial charge is 0.264 e. The Morgan fingerprint density at radius 3 is 3.04 bits per heavy atom. The zero-order chi connectivity index (χ0) is 17.4. The molecule has 1 aliphatic heterocycles. The van der Waals surface area contributed by atoms with Gasteiger partial charge in [-0.3, -0.25) is 14.6 Å². The molecule has 0 bridgehead atoms. The number of pyridine rings is 1. The second-order valence-electron chi connectivity index (χ2n) is 7.11. The van der Waals surface area contributed by atoms with Crippen molar-refractivity contribution in [2.75, 3.05) is 13.1 Å². The second kappa shape index (κ2) is 6.26. The van der Waals surface area contributed by atoms with Gasteiger partial charge in [-0.1, -0.05) is 6.07 Å². The van der Waals surface area contributed by atoms with E-state index in [-0.39, 0.29) is 23.1 Å². The molecule has 1 N–H and O–H groups in total. The summed E-state index contributed by atoms with van der Waals surface area (Å²) in [6.45, 7) is 3.94. The first-order valence-corrected chi connectivity index (χ1v) is 9.47. The largest absolute Gasteiger partial charge is 0.352 e. The van der Waals surface area contributed by atoms with Crippen LogP contribution in [0.15, 0.2) is 36.0 Å². The Labute approximate surface area is 151 Å². The molecule has 25 heavy (non-hydrogen) atoms. The maximum atomic E-state index is 12.7. The monoisotopic (exact) mass is 355 g/mol. The lowest BCUT2D eigenvalue weighted by molar-refractivity contribution is -0.123. The second-order valence-corrected chi connectivity index (χ2v) is 8.02. The van der Waals surface area contributed by atoms with Gasteiger partial charge in [0.25, 0.3) is 5.91 Å². The molecule has 2 fully saturated rings. The van der Waals surface area contributed by atoms with Crippen molar-refractivity contribution in [3.63, 3.8) is 0 Å². The summed E-state index contributed by atoms with van der Waals surface area (Å²) >= 11 is 1.50. The van der Waals surface area contributed by atoms with E-state index in [0.29, 0.717) is 13.1 Å². The molecule has 1 saturated carbocycles. The fourth-order valence-corrected chi connectivity index (χ4v) is 4.68. The normalized spacial score (nSPS) is 24.5. The number of aromatic nitrogens is 1. The van der Waals surface area contributed by atoms with Crippen molar-refractivity contribution in [1.29, 1.82) is 0 Å². The van der Waals surface area contributed by atoms with Gasteiger partial charge in [0.15, 0.2) is 0 Å². The van der Waals surface area contributed by atoms with E-state index in [1.807, 2.05) is 35.4 Å². The molecule has 6 heteroatoms. The zero-order valence-corrected chi connectivity index (χ0v) is 15.0. The molecule has 2 aromatic rings. The highest BCUT2D eigenvalue weighted by molar-refractivity contribution is 7.12. The summed E-state index contributed by atoms with van der Waals surface area (Å²) in [6.07, 6.45) is 5.30. The first kappa shape index (κ1) is 16.3.